The molecule has 0 aliphatic rings. The smallest absolute Gasteiger partial charge is 0.161 e. The Morgan fingerprint density at radius 1 is 1.08 bits per heavy atom. The second-order valence-electron chi connectivity index (χ2n) is 5.30. The van der Waals surface area contributed by atoms with E-state index in [1.807, 2.05) is 55.5 Å². The highest BCUT2D eigenvalue weighted by Crippen LogP contribution is 2.25. The number of hydrogen-bond donors (Lipinski definition) is 2. The largest absolute Gasteiger partial charge is 0.493 e. The van der Waals surface area contributed by atoms with Crippen LogP contribution in [0.3, 0.4) is 0 Å². The van der Waals surface area contributed by atoms with Gasteiger partial charge in [0.15, 0.2) is 11.5 Å². The summed E-state index contributed by atoms with van der Waals surface area (Å²) in [6, 6.07) is 15.1. The summed E-state index contributed by atoms with van der Waals surface area (Å²) in [4.78, 5) is 0. The van der Waals surface area contributed by atoms with Crippen molar-refractivity contribution < 1.29 is 14.6 Å². The number of benzene rings is 2. The Morgan fingerprint density at radius 3 is 2.33 bits per heavy atom. The van der Waals surface area contributed by atoms with Crippen molar-refractivity contribution >= 4 is 24.0 Å². The fourth-order valence-corrected chi connectivity index (χ4v) is 2.29. The van der Waals surface area contributed by atoms with Crippen LogP contribution in [0.1, 0.15) is 18.5 Å². The number of ether oxygens (including phenoxy) is 2. The molecular formula is C18H23Cl2NO3. The molecule has 2 N–H and O–H groups in total. The van der Waals surface area contributed by atoms with Gasteiger partial charge in [0.25, 0.3) is 0 Å². The van der Waals surface area contributed by atoms with Crippen LogP contribution in [0, 0.1) is 0 Å². The highest BCUT2D eigenvalue weighted by atomic mass is 35.5. The predicted octanol–water partition coefficient (Wildman–Crippen LogP) is 3.86. The predicted molar refractivity (Wildman–Crippen MR) is 99.6 cm³/mol. The molecule has 132 valence electrons. The average molecular weight is 372 g/mol. The number of aliphatic hydroxyl groups is 1. The van der Waals surface area contributed by atoms with Gasteiger partial charge >= 0.3 is 0 Å². The molecule has 0 spiro atoms. The number of aliphatic hydroxyl groups excluding tert-OH is 1. The normalized spacial score (nSPS) is 12.8. The van der Waals surface area contributed by atoms with Gasteiger partial charge in [0.05, 0.1) is 7.11 Å². The molecule has 0 amide bonds. The zero-order valence-electron chi connectivity index (χ0n) is 13.7. The monoisotopic (exact) mass is 371 g/mol. The zero-order valence-corrected chi connectivity index (χ0v) is 15.3. The maximum atomic E-state index is 10.1. The first-order valence-electron chi connectivity index (χ1n) is 7.53. The third-order valence-electron chi connectivity index (χ3n) is 3.53. The Labute approximate surface area is 154 Å². The molecule has 0 radical (unpaired) electrons. The van der Waals surface area contributed by atoms with E-state index in [0.29, 0.717) is 23.1 Å². The van der Waals surface area contributed by atoms with Crippen LogP contribution in [0.4, 0.5) is 0 Å². The van der Waals surface area contributed by atoms with Gasteiger partial charge in [-0.05, 0) is 36.8 Å². The molecule has 0 saturated carbocycles. The minimum atomic E-state index is -0.616. The van der Waals surface area contributed by atoms with Crippen LogP contribution in [0.5, 0.6) is 11.5 Å². The van der Waals surface area contributed by atoms with Crippen LogP contribution in [-0.2, 0) is 0 Å². The molecule has 2 aromatic rings. The van der Waals surface area contributed by atoms with E-state index in [0.717, 1.165) is 5.56 Å². The van der Waals surface area contributed by atoms with Crippen molar-refractivity contribution in [2.45, 2.75) is 19.1 Å². The Kier molecular flexibility index (Phi) is 8.93. The summed E-state index contributed by atoms with van der Waals surface area (Å²) >= 11 is 5.88. The Hall–Kier alpha value is -1.46. The summed E-state index contributed by atoms with van der Waals surface area (Å²) in [7, 11) is 1.59. The average Bonchev–Trinajstić information content (AvgIpc) is 2.58. The van der Waals surface area contributed by atoms with Gasteiger partial charge < -0.3 is 19.9 Å². The van der Waals surface area contributed by atoms with Crippen molar-refractivity contribution in [3.05, 3.63) is 59.1 Å². The van der Waals surface area contributed by atoms with Crippen LogP contribution in [0.15, 0.2) is 48.5 Å². The standard InChI is InChI=1S/C18H22ClNO3.ClH/c1-13(14-7-9-15(19)10-8-14)20-11-16(21)12-23-18-6-4-3-5-17(18)22-2;/h3-10,13,16,20-21H,11-12H2,1-2H3;1H. The van der Waals surface area contributed by atoms with Crippen molar-refractivity contribution in [2.24, 2.45) is 0 Å². The minimum absolute atomic E-state index is 0. The lowest BCUT2D eigenvalue weighted by Gasteiger charge is -2.18. The molecule has 0 heterocycles. The Bertz CT molecular complexity index is 607. The van der Waals surface area contributed by atoms with Gasteiger partial charge in [-0.3, -0.25) is 0 Å². The molecule has 4 nitrogen and oxygen atoms in total. The van der Waals surface area contributed by atoms with Crippen LogP contribution >= 0.6 is 24.0 Å². The van der Waals surface area contributed by atoms with Crippen molar-refractivity contribution in [1.29, 1.82) is 0 Å². The van der Waals surface area contributed by atoms with Gasteiger partial charge in [-0.2, -0.15) is 0 Å². The fraction of sp³-hybridized carbons (Fsp3) is 0.333. The van der Waals surface area contributed by atoms with Crippen LogP contribution in [0.2, 0.25) is 5.02 Å². The summed E-state index contributed by atoms with van der Waals surface area (Å²) in [6.45, 7) is 2.66. The molecule has 0 saturated heterocycles. The molecule has 2 unspecified atom stereocenters. The van der Waals surface area contributed by atoms with Crippen molar-refractivity contribution in [1.82, 2.24) is 5.32 Å². The molecule has 6 heteroatoms. The lowest BCUT2D eigenvalue weighted by molar-refractivity contribution is 0.102. The summed E-state index contributed by atoms with van der Waals surface area (Å²) in [6.07, 6.45) is -0.616. The first kappa shape index (κ1) is 20.6. The molecule has 0 aliphatic heterocycles. The number of rotatable bonds is 8. The molecule has 2 rings (SSSR count). The van der Waals surface area contributed by atoms with E-state index in [-0.39, 0.29) is 25.1 Å². The minimum Gasteiger partial charge on any atom is -0.493 e. The molecule has 0 aliphatic carbocycles. The molecule has 0 fully saturated rings. The van der Waals surface area contributed by atoms with E-state index in [1.165, 1.54) is 0 Å². The van der Waals surface area contributed by atoms with E-state index in [2.05, 4.69) is 5.32 Å². The van der Waals surface area contributed by atoms with Gasteiger partial charge in [-0.15, -0.1) is 12.4 Å². The molecular weight excluding hydrogens is 349 g/mol. The third kappa shape index (κ3) is 6.21. The Balaban J connectivity index is 0.00000288. The van der Waals surface area contributed by atoms with Crippen LogP contribution < -0.4 is 14.8 Å². The maximum absolute atomic E-state index is 10.1. The second kappa shape index (κ2) is 10.4. The zero-order chi connectivity index (χ0) is 16.7. The molecule has 0 aromatic heterocycles. The first-order chi connectivity index (χ1) is 11.1. The van der Waals surface area contributed by atoms with Gasteiger partial charge in [0.2, 0.25) is 0 Å². The SMILES string of the molecule is COc1ccccc1OCC(O)CNC(C)c1ccc(Cl)cc1.Cl. The number of methoxy groups -OCH3 is 1. The van der Waals surface area contributed by atoms with Crippen molar-refractivity contribution in [3.8, 4) is 11.5 Å². The topological polar surface area (TPSA) is 50.7 Å². The number of para-hydroxylation sites is 2. The summed E-state index contributed by atoms with van der Waals surface area (Å²) in [5.74, 6) is 1.28. The van der Waals surface area contributed by atoms with Crippen molar-refractivity contribution in [3.63, 3.8) is 0 Å². The summed E-state index contributed by atoms with van der Waals surface area (Å²) < 4.78 is 10.8. The summed E-state index contributed by atoms with van der Waals surface area (Å²) in [5, 5.41) is 14.1. The fourth-order valence-electron chi connectivity index (χ4n) is 2.17. The van der Waals surface area contributed by atoms with Crippen LogP contribution in [-0.4, -0.2) is 31.5 Å². The highest BCUT2D eigenvalue weighted by Gasteiger charge is 2.11. The van der Waals surface area contributed by atoms with Gasteiger partial charge in [-0.25, -0.2) is 0 Å². The van der Waals surface area contributed by atoms with Gasteiger partial charge in [-0.1, -0.05) is 35.9 Å². The highest BCUT2D eigenvalue weighted by molar-refractivity contribution is 6.30. The second-order valence-corrected chi connectivity index (χ2v) is 5.73. The maximum Gasteiger partial charge on any atom is 0.161 e. The van der Waals surface area contributed by atoms with E-state index in [9.17, 15) is 5.11 Å². The molecule has 2 aromatic carbocycles. The first-order valence-corrected chi connectivity index (χ1v) is 7.90. The third-order valence-corrected chi connectivity index (χ3v) is 3.78. The number of nitrogens with one attached hydrogen (secondary N) is 1. The molecule has 2 atom stereocenters. The summed E-state index contributed by atoms with van der Waals surface area (Å²) in [5.41, 5.74) is 1.12. The Morgan fingerprint density at radius 2 is 1.71 bits per heavy atom. The van der Waals surface area contributed by atoms with Gasteiger partial charge in [0, 0.05) is 17.6 Å². The lowest BCUT2D eigenvalue weighted by atomic mass is 10.1. The van der Waals surface area contributed by atoms with E-state index < -0.39 is 6.10 Å². The van der Waals surface area contributed by atoms with E-state index in [1.54, 1.807) is 7.11 Å². The van der Waals surface area contributed by atoms with E-state index >= 15 is 0 Å². The number of halogens is 2. The number of hydrogen-bond acceptors (Lipinski definition) is 4. The molecule has 24 heavy (non-hydrogen) atoms. The van der Waals surface area contributed by atoms with Gasteiger partial charge in [0.1, 0.15) is 12.7 Å². The van der Waals surface area contributed by atoms with E-state index in [4.69, 9.17) is 21.1 Å². The van der Waals surface area contributed by atoms with Crippen LogP contribution in [0.25, 0.3) is 0 Å². The lowest BCUT2D eigenvalue weighted by Crippen LogP contribution is -2.33. The molecule has 0 bridgehead atoms. The van der Waals surface area contributed by atoms with Crippen molar-refractivity contribution in [2.75, 3.05) is 20.3 Å². The quantitative estimate of drug-likeness (QED) is 0.739.